The number of hydrogen-bond donors (Lipinski definition) is 4. The van der Waals surface area contributed by atoms with Gasteiger partial charge in [0.1, 0.15) is 11.5 Å². The predicted molar refractivity (Wildman–Crippen MR) is 135 cm³/mol. The smallest absolute Gasteiger partial charge is 0.271 e. The Balaban J connectivity index is 1.77. The van der Waals surface area contributed by atoms with Crippen LogP contribution in [0.25, 0.3) is 0 Å². The van der Waals surface area contributed by atoms with Gasteiger partial charge in [-0.2, -0.15) is 10.2 Å². The third-order valence-electron chi connectivity index (χ3n) is 4.37. The molecule has 0 aromatic heterocycles. The zero-order valence-electron chi connectivity index (χ0n) is 17.5. The van der Waals surface area contributed by atoms with E-state index in [-0.39, 0.29) is 22.6 Å². The maximum absolute atomic E-state index is 12.5. The zero-order valence-corrected chi connectivity index (χ0v) is 20.6. The van der Waals surface area contributed by atoms with Crippen molar-refractivity contribution in [1.29, 1.82) is 0 Å². The number of hydrogen-bond acceptors (Lipinski definition) is 8. The molecule has 0 saturated carbocycles. The van der Waals surface area contributed by atoms with Crippen molar-refractivity contribution in [3.63, 3.8) is 0 Å². The molecule has 11 nitrogen and oxygen atoms in total. The van der Waals surface area contributed by atoms with Crippen molar-refractivity contribution in [2.75, 3.05) is 0 Å². The second-order valence-corrected chi connectivity index (χ2v) is 8.66. The summed E-state index contributed by atoms with van der Waals surface area (Å²) in [6.07, 6.45) is 2.38. The Hall–Kier alpha value is -4.10. The summed E-state index contributed by atoms with van der Waals surface area (Å²) in [7, 11) is 0. The molecule has 0 heterocycles. The molecular formula is C22H15Br2N5O6. The van der Waals surface area contributed by atoms with Gasteiger partial charge in [-0.25, -0.2) is 10.9 Å². The molecule has 3 rings (SSSR count). The van der Waals surface area contributed by atoms with Crippen molar-refractivity contribution in [3.8, 4) is 11.5 Å². The second kappa shape index (κ2) is 11.4. The van der Waals surface area contributed by atoms with Crippen LogP contribution in [-0.2, 0) is 0 Å². The van der Waals surface area contributed by atoms with Crippen molar-refractivity contribution in [1.82, 2.24) is 10.9 Å². The van der Waals surface area contributed by atoms with Gasteiger partial charge in [0.2, 0.25) is 0 Å². The second-order valence-electron chi connectivity index (χ2n) is 6.83. The van der Waals surface area contributed by atoms with E-state index in [0.717, 1.165) is 18.2 Å². The molecule has 0 aliphatic heterocycles. The molecule has 178 valence electrons. The number of phenolic OH excluding ortho intramolecular Hbond substituents is 2. The van der Waals surface area contributed by atoms with Crippen molar-refractivity contribution >= 4 is 61.8 Å². The summed E-state index contributed by atoms with van der Waals surface area (Å²) in [4.78, 5) is 35.5. The van der Waals surface area contributed by atoms with Gasteiger partial charge in [-0.1, -0.05) is 31.9 Å². The van der Waals surface area contributed by atoms with E-state index >= 15 is 0 Å². The molecule has 0 saturated heterocycles. The number of benzene rings is 3. The fourth-order valence-corrected chi connectivity index (χ4v) is 3.44. The number of nitro benzene ring substituents is 1. The molecule has 13 heteroatoms. The van der Waals surface area contributed by atoms with Crippen LogP contribution in [0.15, 0.2) is 73.7 Å². The molecule has 3 aromatic rings. The van der Waals surface area contributed by atoms with Crippen LogP contribution >= 0.6 is 31.9 Å². The van der Waals surface area contributed by atoms with E-state index in [1.54, 1.807) is 24.3 Å². The highest BCUT2D eigenvalue weighted by Crippen LogP contribution is 2.21. The van der Waals surface area contributed by atoms with E-state index < -0.39 is 22.4 Å². The van der Waals surface area contributed by atoms with Crippen LogP contribution in [0.1, 0.15) is 31.8 Å². The molecule has 0 unspecified atom stereocenters. The molecule has 0 spiro atoms. The summed E-state index contributed by atoms with van der Waals surface area (Å²) in [5.74, 6) is -1.79. The monoisotopic (exact) mass is 603 g/mol. The van der Waals surface area contributed by atoms with Crippen LogP contribution in [0.5, 0.6) is 11.5 Å². The topological polar surface area (TPSA) is 167 Å². The van der Waals surface area contributed by atoms with E-state index in [0.29, 0.717) is 20.1 Å². The summed E-state index contributed by atoms with van der Waals surface area (Å²) < 4.78 is 1.35. The maximum atomic E-state index is 12.5. The first kappa shape index (κ1) is 25.5. The maximum Gasteiger partial charge on any atom is 0.271 e. The Morgan fingerprint density at radius 1 is 0.800 bits per heavy atom. The van der Waals surface area contributed by atoms with Gasteiger partial charge in [-0.3, -0.25) is 19.7 Å². The molecule has 0 radical (unpaired) electrons. The van der Waals surface area contributed by atoms with Gasteiger partial charge >= 0.3 is 0 Å². The summed E-state index contributed by atoms with van der Waals surface area (Å²) in [6, 6.07) is 12.3. The molecule has 0 bridgehead atoms. The number of carbonyl (C=O) groups excluding carboxylic acids is 2. The van der Waals surface area contributed by atoms with Gasteiger partial charge in [0.25, 0.3) is 17.5 Å². The standard InChI is InChI=1S/C22H15Br2N5O6/c23-16-1-3-19(30)14(6-16)10-25-27-21(32)12-5-13(9-18(8-12)29(34)35)22(33)28-26-11-15-7-17(24)2-4-20(15)31/h1-11,30-31H,(H,27,32)(H,28,33). The van der Waals surface area contributed by atoms with E-state index in [4.69, 9.17) is 0 Å². The van der Waals surface area contributed by atoms with Gasteiger partial charge in [-0.05, 0) is 42.5 Å². The zero-order chi connectivity index (χ0) is 25.5. The third kappa shape index (κ3) is 6.94. The number of phenols is 2. The number of hydrazone groups is 2. The number of nitrogens with zero attached hydrogens (tertiary/aromatic N) is 3. The average Bonchev–Trinajstić information content (AvgIpc) is 2.82. The molecule has 0 aliphatic rings. The molecule has 2 amide bonds. The van der Waals surface area contributed by atoms with E-state index in [2.05, 4.69) is 52.9 Å². The van der Waals surface area contributed by atoms with Crippen molar-refractivity contribution in [2.45, 2.75) is 0 Å². The molecule has 4 N–H and O–H groups in total. The minimum Gasteiger partial charge on any atom is -0.507 e. The summed E-state index contributed by atoms with van der Waals surface area (Å²) in [6.45, 7) is 0. The SMILES string of the molecule is O=C(NN=Cc1cc(Br)ccc1O)c1cc(C(=O)NN=Cc2cc(Br)ccc2O)cc([N+](=O)[O-])c1. The van der Waals surface area contributed by atoms with Gasteiger partial charge in [0.15, 0.2) is 0 Å². The first-order valence-electron chi connectivity index (χ1n) is 9.57. The van der Waals surface area contributed by atoms with Crippen molar-refractivity contribution < 1.29 is 24.7 Å². The largest absolute Gasteiger partial charge is 0.507 e. The Bertz CT molecular complexity index is 1280. The number of non-ortho nitro benzene ring substituents is 1. The van der Waals surface area contributed by atoms with Gasteiger partial charge in [0.05, 0.1) is 17.4 Å². The molecule has 0 fully saturated rings. The highest BCUT2D eigenvalue weighted by atomic mass is 79.9. The van der Waals surface area contributed by atoms with Crippen LogP contribution in [0.2, 0.25) is 0 Å². The first-order valence-corrected chi connectivity index (χ1v) is 11.2. The highest BCUT2D eigenvalue weighted by Gasteiger charge is 2.18. The predicted octanol–water partition coefficient (Wildman–Crippen LogP) is 4.06. The van der Waals surface area contributed by atoms with Crippen LogP contribution < -0.4 is 10.9 Å². The number of nitrogens with one attached hydrogen (secondary N) is 2. The molecule has 0 atom stereocenters. The number of aromatic hydroxyl groups is 2. The van der Waals surface area contributed by atoms with Gasteiger partial charge in [-0.15, -0.1) is 0 Å². The van der Waals surface area contributed by atoms with Crippen molar-refractivity contribution in [3.05, 3.63) is 95.9 Å². The molecule has 35 heavy (non-hydrogen) atoms. The fourth-order valence-electron chi connectivity index (χ4n) is 2.69. The van der Waals surface area contributed by atoms with Crippen LogP contribution in [0.3, 0.4) is 0 Å². The van der Waals surface area contributed by atoms with E-state index in [1.807, 2.05) is 0 Å². The minimum absolute atomic E-state index is 0.0720. The van der Waals surface area contributed by atoms with E-state index in [9.17, 15) is 29.9 Å². The van der Waals surface area contributed by atoms with Gasteiger partial charge < -0.3 is 10.2 Å². The lowest BCUT2D eigenvalue weighted by Crippen LogP contribution is -2.21. The number of amides is 2. The van der Waals surface area contributed by atoms with Crippen LogP contribution in [-0.4, -0.2) is 39.4 Å². The molecule has 3 aromatic carbocycles. The summed E-state index contributed by atoms with van der Waals surface area (Å²) in [5, 5.41) is 38.4. The van der Waals surface area contributed by atoms with E-state index in [1.165, 1.54) is 24.6 Å². The quantitative estimate of drug-likeness (QED) is 0.180. The summed E-state index contributed by atoms with van der Waals surface area (Å²) >= 11 is 6.50. The lowest BCUT2D eigenvalue weighted by molar-refractivity contribution is -0.384. The lowest BCUT2D eigenvalue weighted by atomic mass is 10.1. The summed E-state index contributed by atoms with van der Waals surface area (Å²) in [5.41, 5.74) is 4.11. The number of halogens is 2. The Morgan fingerprint density at radius 2 is 1.23 bits per heavy atom. The molecular weight excluding hydrogens is 590 g/mol. The lowest BCUT2D eigenvalue weighted by Gasteiger charge is -2.05. The average molecular weight is 605 g/mol. The molecule has 0 aliphatic carbocycles. The Kier molecular flexibility index (Phi) is 8.28. The van der Waals surface area contributed by atoms with Crippen molar-refractivity contribution in [2.24, 2.45) is 10.2 Å². The first-order chi connectivity index (χ1) is 16.6. The number of nitro groups is 1. The highest BCUT2D eigenvalue weighted by molar-refractivity contribution is 9.10. The van der Waals surface area contributed by atoms with Gasteiger partial charge in [0, 0.05) is 43.3 Å². The normalized spacial score (nSPS) is 11.0. The Morgan fingerprint density at radius 3 is 1.63 bits per heavy atom. The minimum atomic E-state index is -0.823. The van der Waals surface area contributed by atoms with Crippen LogP contribution in [0, 0.1) is 10.1 Å². The number of carbonyl (C=O) groups is 2. The Labute approximate surface area is 214 Å². The third-order valence-corrected chi connectivity index (χ3v) is 5.36. The number of rotatable bonds is 7. The fraction of sp³-hybridized carbons (Fsp3) is 0. The van der Waals surface area contributed by atoms with Crippen LogP contribution in [0.4, 0.5) is 5.69 Å².